The molecule has 0 spiro atoms. The second kappa shape index (κ2) is 12.1. The Balaban J connectivity index is 1.59. The highest BCUT2D eigenvalue weighted by Crippen LogP contribution is 2.32. The predicted molar refractivity (Wildman–Crippen MR) is 135 cm³/mol. The van der Waals surface area contributed by atoms with Crippen molar-refractivity contribution >= 4 is 11.9 Å². The molecule has 1 aliphatic rings. The Morgan fingerprint density at radius 3 is 2.56 bits per heavy atom. The molecule has 1 aliphatic heterocycles. The minimum absolute atomic E-state index is 0.0596. The number of amidine groups is 1. The van der Waals surface area contributed by atoms with Crippen LogP contribution in [0.5, 0.6) is 0 Å². The van der Waals surface area contributed by atoms with Gasteiger partial charge in [-0.15, -0.1) is 0 Å². The molecule has 1 aromatic heterocycles. The zero-order valence-corrected chi connectivity index (χ0v) is 21.5. The van der Waals surface area contributed by atoms with E-state index in [1.54, 1.807) is 0 Å². The predicted octanol–water partition coefficient (Wildman–Crippen LogP) is 7.13. The van der Waals surface area contributed by atoms with E-state index in [4.69, 9.17) is 9.26 Å². The average molecular weight is 469 g/mol. The van der Waals surface area contributed by atoms with Gasteiger partial charge in [0.15, 0.2) is 5.82 Å². The minimum Gasteiger partial charge on any atom is -0.442 e. The van der Waals surface area contributed by atoms with Crippen LogP contribution in [0.2, 0.25) is 0 Å². The summed E-state index contributed by atoms with van der Waals surface area (Å²) in [6.07, 6.45) is 10.2. The molecule has 0 unspecified atom stereocenters. The van der Waals surface area contributed by atoms with Crippen LogP contribution in [0.4, 0.5) is 4.79 Å². The monoisotopic (exact) mass is 468 g/mol. The number of nitrogens with zero attached hydrogens (tertiary/aromatic N) is 4. The molecule has 1 fully saturated rings. The van der Waals surface area contributed by atoms with Gasteiger partial charge in [0.2, 0.25) is 0 Å². The van der Waals surface area contributed by atoms with E-state index in [0.29, 0.717) is 17.6 Å². The van der Waals surface area contributed by atoms with Gasteiger partial charge in [0.05, 0.1) is 6.04 Å². The minimum atomic E-state index is -0.578. The average Bonchev–Trinajstić information content (AvgIpc) is 3.45. The van der Waals surface area contributed by atoms with Gasteiger partial charge in [-0.25, -0.2) is 4.79 Å². The molecule has 0 bridgehead atoms. The zero-order valence-electron chi connectivity index (χ0n) is 21.5. The number of rotatable bonds is 9. The van der Waals surface area contributed by atoms with Crippen molar-refractivity contribution < 1.29 is 14.1 Å². The van der Waals surface area contributed by atoms with Gasteiger partial charge in [0.25, 0.3) is 5.89 Å². The molecular weight excluding hydrogens is 428 g/mol. The Hall–Kier alpha value is -2.70. The molecule has 1 aromatic carbocycles. The van der Waals surface area contributed by atoms with Crippen molar-refractivity contribution in [2.24, 2.45) is 4.99 Å². The third-order valence-electron chi connectivity index (χ3n) is 6.07. The fourth-order valence-electron chi connectivity index (χ4n) is 4.31. The molecule has 0 N–H and O–H groups in total. The number of aliphatic imine (C=N–C) groups is 1. The number of ether oxygens (including phenoxy) is 1. The second-order valence-corrected chi connectivity index (χ2v) is 10.2. The van der Waals surface area contributed by atoms with Gasteiger partial charge < -0.3 is 14.2 Å². The van der Waals surface area contributed by atoms with Crippen molar-refractivity contribution in [3.05, 3.63) is 35.7 Å². The largest absolute Gasteiger partial charge is 0.442 e. The Kier molecular flexibility index (Phi) is 9.25. The third-order valence-corrected chi connectivity index (χ3v) is 6.07. The van der Waals surface area contributed by atoms with Gasteiger partial charge in [-0.1, -0.05) is 56.3 Å². The lowest BCUT2D eigenvalue weighted by Gasteiger charge is -2.24. The summed E-state index contributed by atoms with van der Waals surface area (Å²) in [5.74, 6) is 1.76. The van der Waals surface area contributed by atoms with Crippen molar-refractivity contribution in [1.82, 2.24) is 15.0 Å². The summed E-state index contributed by atoms with van der Waals surface area (Å²) in [5, 5.41) is 4.25. The summed E-state index contributed by atoms with van der Waals surface area (Å²) in [5.41, 5.74) is 1.70. The van der Waals surface area contributed by atoms with E-state index < -0.39 is 11.7 Å². The number of carbonyl (C=O) groups is 1. The van der Waals surface area contributed by atoms with Crippen LogP contribution in [0.3, 0.4) is 0 Å². The SMILES string of the molecule is CCCCCCCCc1ccc(-c2nc([C@@H]3CCCN3/C(C)=N/C(=O)OC(C)(C)C)no2)cc1. The molecule has 0 aliphatic carbocycles. The maximum Gasteiger partial charge on any atom is 0.435 e. The van der Waals surface area contributed by atoms with Crippen LogP contribution >= 0.6 is 0 Å². The van der Waals surface area contributed by atoms with Crippen molar-refractivity contribution in [1.29, 1.82) is 0 Å². The first kappa shape index (κ1) is 25.9. The first-order chi connectivity index (χ1) is 16.3. The van der Waals surface area contributed by atoms with E-state index >= 15 is 0 Å². The Morgan fingerprint density at radius 1 is 1.15 bits per heavy atom. The second-order valence-electron chi connectivity index (χ2n) is 10.2. The van der Waals surface area contributed by atoms with E-state index in [-0.39, 0.29) is 6.04 Å². The normalized spacial score (nSPS) is 16.8. The molecule has 2 heterocycles. The van der Waals surface area contributed by atoms with Gasteiger partial charge in [-0.2, -0.15) is 9.98 Å². The first-order valence-corrected chi connectivity index (χ1v) is 12.7. The molecule has 2 aromatic rings. The van der Waals surface area contributed by atoms with Crippen LogP contribution in [0.15, 0.2) is 33.8 Å². The topological polar surface area (TPSA) is 80.8 Å². The van der Waals surface area contributed by atoms with E-state index in [1.165, 1.54) is 44.1 Å². The van der Waals surface area contributed by atoms with Gasteiger partial charge >= 0.3 is 6.09 Å². The van der Waals surface area contributed by atoms with Crippen molar-refractivity contribution in [2.75, 3.05) is 6.54 Å². The number of aromatic nitrogens is 2. The highest BCUT2D eigenvalue weighted by Gasteiger charge is 2.31. The molecule has 34 heavy (non-hydrogen) atoms. The van der Waals surface area contributed by atoms with Crippen LogP contribution < -0.4 is 0 Å². The maximum atomic E-state index is 12.1. The molecule has 0 radical (unpaired) electrons. The maximum absolute atomic E-state index is 12.1. The first-order valence-electron chi connectivity index (χ1n) is 12.7. The Labute approximate surface area is 204 Å². The summed E-state index contributed by atoms with van der Waals surface area (Å²) in [6.45, 7) is 10.4. The van der Waals surface area contributed by atoms with Crippen LogP contribution in [-0.2, 0) is 11.2 Å². The van der Waals surface area contributed by atoms with E-state index in [2.05, 4.69) is 51.2 Å². The number of carbonyl (C=O) groups excluding carboxylic acids is 1. The lowest BCUT2D eigenvalue weighted by Crippen LogP contribution is -2.31. The van der Waals surface area contributed by atoms with Crippen LogP contribution in [0.25, 0.3) is 11.5 Å². The quantitative estimate of drug-likeness (QED) is 0.221. The molecular formula is C27H40N4O3. The lowest BCUT2D eigenvalue weighted by molar-refractivity contribution is 0.0601. The lowest BCUT2D eigenvalue weighted by atomic mass is 10.0. The van der Waals surface area contributed by atoms with Crippen molar-refractivity contribution in [3.8, 4) is 11.5 Å². The van der Waals surface area contributed by atoms with Gasteiger partial charge in [-0.05, 0) is 71.1 Å². The van der Waals surface area contributed by atoms with Gasteiger partial charge in [-0.3, -0.25) is 0 Å². The number of likely N-dealkylation sites (tertiary alicyclic amines) is 1. The molecule has 1 saturated heterocycles. The summed E-state index contributed by atoms with van der Waals surface area (Å²) in [4.78, 5) is 23.0. The third kappa shape index (κ3) is 7.67. The Morgan fingerprint density at radius 2 is 1.85 bits per heavy atom. The molecule has 1 atom stereocenters. The molecule has 1 amide bonds. The Bertz CT molecular complexity index is 944. The molecule has 7 nitrogen and oxygen atoms in total. The van der Waals surface area contributed by atoms with E-state index in [0.717, 1.165) is 31.4 Å². The highest BCUT2D eigenvalue weighted by atomic mass is 16.6. The summed E-state index contributed by atoms with van der Waals surface area (Å²) in [6, 6.07) is 8.38. The van der Waals surface area contributed by atoms with Gasteiger partial charge in [0, 0.05) is 12.1 Å². The van der Waals surface area contributed by atoms with Crippen LogP contribution in [0.1, 0.15) is 103 Å². The van der Waals surface area contributed by atoms with Crippen molar-refractivity contribution in [3.63, 3.8) is 0 Å². The molecule has 7 heteroatoms. The summed E-state index contributed by atoms with van der Waals surface area (Å²) in [7, 11) is 0. The molecule has 0 saturated carbocycles. The number of aryl methyl sites for hydroxylation is 1. The zero-order chi connectivity index (χ0) is 24.6. The summed E-state index contributed by atoms with van der Waals surface area (Å²) < 4.78 is 10.9. The molecule has 3 rings (SSSR count). The number of hydrogen-bond donors (Lipinski definition) is 0. The van der Waals surface area contributed by atoms with E-state index in [1.807, 2.05) is 27.7 Å². The van der Waals surface area contributed by atoms with Crippen LogP contribution in [0, 0.1) is 0 Å². The number of benzene rings is 1. The fourth-order valence-corrected chi connectivity index (χ4v) is 4.31. The van der Waals surface area contributed by atoms with E-state index in [9.17, 15) is 4.79 Å². The number of unbranched alkanes of at least 4 members (excludes halogenated alkanes) is 5. The molecule has 186 valence electrons. The number of amides is 1. The fraction of sp³-hybridized carbons (Fsp3) is 0.630. The summed E-state index contributed by atoms with van der Waals surface area (Å²) >= 11 is 0. The van der Waals surface area contributed by atoms with Crippen molar-refractivity contribution in [2.45, 2.75) is 104 Å². The standard InChI is InChI=1S/C27H40N4O3/c1-6-7-8-9-10-11-13-21-15-17-22(18-16-21)25-29-24(30-34-25)23-14-12-19-31(23)20(2)28-26(32)33-27(3,4)5/h15-18,23H,6-14,19H2,1-5H3/b28-20+/t23-/m0/s1. The highest BCUT2D eigenvalue weighted by molar-refractivity contribution is 5.90. The van der Waals surface area contributed by atoms with Crippen LogP contribution in [-0.4, -0.2) is 39.1 Å². The smallest absolute Gasteiger partial charge is 0.435 e. The number of hydrogen-bond acceptors (Lipinski definition) is 5. The van der Waals surface area contributed by atoms with Gasteiger partial charge in [0.1, 0.15) is 11.4 Å².